The Hall–Kier alpha value is -2.83. The summed E-state index contributed by atoms with van der Waals surface area (Å²) in [4.78, 5) is 11.9. The molecule has 1 heterocycles. The van der Waals surface area contributed by atoms with E-state index in [1.807, 2.05) is 36.4 Å². The van der Waals surface area contributed by atoms with Crippen molar-refractivity contribution in [3.05, 3.63) is 82.1 Å². The summed E-state index contributed by atoms with van der Waals surface area (Å²) < 4.78 is 5.26. The first kappa shape index (κ1) is 14.1. The molecule has 0 unspecified atom stereocenters. The second kappa shape index (κ2) is 5.88. The number of carbonyl (C=O) groups is 1. The van der Waals surface area contributed by atoms with Gasteiger partial charge in [0.1, 0.15) is 17.4 Å². The summed E-state index contributed by atoms with van der Waals surface area (Å²) in [5.74, 6) is -0.260. The van der Waals surface area contributed by atoms with Crippen LogP contribution < -0.4 is 0 Å². The molecule has 0 bridgehead atoms. The van der Waals surface area contributed by atoms with E-state index >= 15 is 0 Å². The van der Waals surface area contributed by atoms with Gasteiger partial charge in [-0.05, 0) is 29.3 Å². The summed E-state index contributed by atoms with van der Waals surface area (Å²) in [5.41, 5.74) is 2.10. The van der Waals surface area contributed by atoms with E-state index < -0.39 is 5.97 Å². The Morgan fingerprint density at radius 1 is 1.05 bits per heavy atom. The molecule has 0 radical (unpaired) electrons. The SMILES string of the molecule is N#CC1=C(c2ccc(Cl)cc2)C(=Cc2ccccc2)OC1=O. The summed E-state index contributed by atoms with van der Waals surface area (Å²) in [5, 5.41) is 9.83. The summed E-state index contributed by atoms with van der Waals surface area (Å²) >= 11 is 5.89. The molecule has 22 heavy (non-hydrogen) atoms. The Labute approximate surface area is 132 Å². The molecule has 0 N–H and O–H groups in total. The van der Waals surface area contributed by atoms with Crippen molar-refractivity contribution in [2.45, 2.75) is 0 Å². The van der Waals surface area contributed by atoms with Gasteiger partial charge in [0.2, 0.25) is 0 Å². The second-order valence-electron chi connectivity index (χ2n) is 4.68. The molecule has 0 aliphatic carbocycles. The Kier molecular flexibility index (Phi) is 3.78. The highest BCUT2D eigenvalue weighted by molar-refractivity contribution is 6.30. The molecule has 1 aliphatic heterocycles. The summed E-state index contributed by atoms with van der Waals surface area (Å²) in [6.07, 6.45) is 1.74. The van der Waals surface area contributed by atoms with Gasteiger partial charge in [-0.2, -0.15) is 5.26 Å². The van der Waals surface area contributed by atoms with E-state index in [0.29, 0.717) is 21.9 Å². The van der Waals surface area contributed by atoms with Gasteiger partial charge in [0, 0.05) is 10.6 Å². The number of ether oxygens (including phenoxy) is 1. The number of esters is 1. The Morgan fingerprint density at radius 2 is 1.73 bits per heavy atom. The minimum atomic E-state index is -0.630. The van der Waals surface area contributed by atoms with Crippen molar-refractivity contribution >= 4 is 29.2 Å². The first-order valence-electron chi connectivity index (χ1n) is 6.58. The standard InChI is InChI=1S/C18H10ClNO2/c19-14-8-6-13(7-9-14)17-15(11-20)18(21)22-16(17)10-12-4-2-1-3-5-12/h1-10H. The molecule has 106 valence electrons. The zero-order valence-corrected chi connectivity index (χ0v) is 12.2. The van der Waals surface area contributed by atoms with Crippen molar-refractivity contribution in [3.8, 4) is 6.07 Å². The maximum absolute atomic E-state index is 11.9. The van der Waals surface area contributed by atoms with Gasteiger partial charge >= 0.3 is 5.97 Å². The number of carbonyl (C=O) groups excluding carboxylic acids is 1. The normalized spacial score (nSPS) is 15.8. The highest BCUT2D eigenvalue weighted by Crippen LogP contribution is 2.35. The maximum atomic E-state index is 11.9. The molecule has 0 fully saturated rings. The molecular formula is C18H10ClNO2. The predicted octanol–water partition coefficient (Wildman–Crippen LogP) is 4.22. The van der Waals surface area contributed by atoms with E-state index in [1.54, 1.807) is 30.3 Å². The quantitative estimate of drug-likeness (QED) is 0.781. The van der Waals surface area contributed by atoms with Crippen LogP contribution in [0, 0.1) is 11.3 Å². The van der Waals surface area contributed by atoms with Gasteiger partial charge in [0.05, 0.1) is 0 Å². The Morgan fingerprint density at radius 3 is 2.36 bits per heavy atom. The third kappa shape index (κ3) is 2.65. The van der Waals surface area contributed by atoms with Crippen LogP contribution in [0.1, 0.15) is 11.1 Å². The van der Waals surface area contributed by atoms with Crippen LogP contribution in [-0.4, -0.2) is 5.97 Å². The van der Waals surface area contributed by atoms with E-state index in [-0.39, 0.29) is 5.57 Å². The lowest BCUT2D eigenvalue weighted by molar-refractivity contribution is -0.132. The number of hydrogen-bond donors (Lipinski definition) is 0. The van der Waals surface area contributed by atoms with Crippen LogP contribution in [0.15, 0.2) is 65.9 Å². The molecule has 2 aromatic rings. The summed E-state index contributed by atoms with van der Waals surface area (Å²) in [7, 11) is 0. The molecule has 0 saturated heterocycles. The van der Waals surface area contributed by atoms with Crippen molar-refractivity contribution in [3.63, 3.8) is 0 Å². The molecule has 0 atom stereocenters. The Balaban J connectivity index is 2.14. The van der Waals surface area contributed by atoms with Crippen LogP contribution in [0.3, 0.4) is 0 Å². The minimum absolute atomic E-state index is 0.00417. The predicted molar refractivity (Wildman–Crippen MR) is 84.5 cm³/mol. The highest BCUT2D eigenvalue weighted by Gasteiger charge is 2.31. The molecular weight excluding hydrogens is 298 g/mol. The number of rotatable bonds is 2. The van der Waals surface area contributed by atoms with Gasteiger partial charge < -0.3 is 4.74 Å². The van der Waals surface area contributed by atoms with E-state index in [4.69, 9.17) is 16.3 Å². The number of hydrogen-bond acceptors (Lipinski definition) is 3. The maximum Gasteiger partial charge on any atom is 0.355 e. The number of nitriles is 1. The molecule has 0 aromatic heterocycles. The number of halogens is 1. The lowest BCUT2D eigenvalue weighted by Crippen LogP contribution is -1.96. The minimum Gasteiger partial charge on any atom is -0.422 e. The van der Waals surface area contributed by atoms with Crippen LogP contribution in [-0.2, 0) is 9.53 Å². The first-order valence-corrected chi connectivity index (χ1v) is 6.96. The summed E-state index contributed by atoms with van der Waals surface area (Å²) in [6, 6.07) is 18.3. The van der Waals surface area contributed by atoms with Crippen molar-refractivity contribution in [1.82, 2.24) is 0 Å². The molecule has 3 nitrogen and oxygen atoms in total. The number of cyclic esters (lactones) is 1. The van der Waals surface area contributed by atoms with Gasteiger partial charge in [-0.3, -0.25) is 0 Å². The smallest absolute Gasteiger partial charge is 0.355 e. The fourth-order valence-electron chi connectivity index (χ4n) is 2.23. The number of nitrogens with zero attached hydrogens (tertiary/aromatic N) is 1. The Bertz CT molecular complexity index is 828. The lowest BCUT2D eigenvalue weighted by Gasteiger charge is -2.05. The lowest BCUT2D eigenvalue weighted by atomic mass is 9.99. The molecule has 0 amide bonds. The first-order chi connectivity index (χ1) is 10.7. The van der Waals surface area contributed by atoms with Crippen molar-refractivity contribution in [2.75, 3.05) is 0 Å². The average Bonchev–Trinajstić information content (AvgIpc) is 2.84. The highest BCUT2D eigenvalue weighted by atomic mass is 35.5. The van der Waals surface area contributed by atoms with E-state index in [2.05, 4.69) is 0 Å². The van der Waals surface area contributed by atoms with Crippen molar-refractivity contribution < 1.29 is 9.53 Å². The monoisotopic (exact) mass is 307 g/mol. The number of allylic oxidation sites excluding steroid dienone is 1. The molecule has 1 aliphatic rings. The third-order valence-corrected chi connectivity index (χ3v) is 3.50. The van der Waals surface area contributed by atoms with E-state index in [0.717, 1.165) is 5.56 Å². The molecule has 3 rings (SSSR count). The summed E-state index contributed by atoms with van der Waals surface area (Å²) in [6.45, 7) is 0. The fraction of sp³-hybridized carbons (Fsp3) is 0. The van der Waals surface area contributed by atoms with Gasteiger partial charge in [0.15, 0.2) is 0 Å². The number of benzene rings is 2. The third-order valence-electron chi connectivity index (χ3n) is 3.25. The zero-order valence-electron chi connectivity index (χ0n) is 11.4. The van der Waals surface area contributed by atoms with Gasteiger partial charge in [-0.1, -0.05) is 54.1 Å². The second-order valence-corrected chi connectivity index (χ2v) is 5.11. The van der Waals surface area contributed by atoms with Gasteiger partial charge in [-0.25, -0.2) is 4.79 Å². The van der Waals surface area contributed by atoms with Gasteiger partial charge in [0.25, 0.3) is 0 Å². The molecule has 0 saturated carbocycles. The van der Waals surface area contributed by atoms with Crippen LogP contribution >= 0.6 is 11.6 Å². The van der Waals surface area contributed by atoms with E-state index in [1.165, 1.54) is 0 Å². The van der Waals surface area contributed by atoms with Crippen LogP contribution in [0.4, 0.5) is 0 Å². The zero-order chi connectivity index (χ0) is 15.5. The molecule has 0 spiro atoms. The van der Waals surface area contributed by atoms with Crippen molar-refractivity contribution in [2.24, 2.45) is 0 Å². The molecule has 4 heteroatoms. The van der Waals surface area contributed by atoms with Crippen LogP contribution in [0.25, 0.3) is 11.6 Å². The van der Waals surface area contributed by atoms with Crippen LogP contribution in [0.2, 0.25) is 5.02 Å². The average molecular weight is 308 g/mol. The topological polar surface area (TPSA) is 50.1 Å². The molecule has 2 aromatic carbocycles. The van der Waals surface area contributed by atoms with Crippen LogP contribution in [0.5, 0.6) is 0 Å². The fourth-order valence-corrected chi connectivity index (χ4v) is 2.36. The van der Waals surface area contributed by atoms with E-state index in [9.17, 15) is 10.1 Å². The largest absolute Gasteiger partial charge is 0.422 e. The van der Waals surface area contributed by atoms with Crippen molar-refractivity contribution in [1.29, 1.82) is 5.26 Å². The van der Waals surface area contributed by atoms with Gasteiger partial charge in [-0.15, -0.1) is 0 Å².